The van der Waals surface area contributed by atoms with Gasteiger partial charge in [0.15, 0.2) is 0 Å². The molecule has 0 radical (unpaired) electrons. The van der Waals surface area contributed by atoms with Gasteiger partial charge in [-0.3, -0.25) is 4.98 Å². The molecular formula is C46H55N3O8S. The predicted octanol–water partition coefficient (Wildman–Crippen LogP) is 7.88. The molecule has 3 aliphatic rings. The minimum absolute atomic E-state index is 0.0149. The molecule has 0 bridgehead atoms. The Morgan fingerprint density at radius 3 is 2.53 bits per heavy atom. The van der Waals surface area contributed by atoms with Crippen LogP contribution in [0.25, 0.3) is 10.9 Å². The Morgan fingerprint density at radius 2 is 1.78 bits per heavy atom. The molecule has 3 aromatic carbocycles. The molecule has 6 atom stereocenters. The summed E-state index contributed by atoms with van der Waals surface area (Å²) in [5.74, 6) is -1.86. The number of nitrogens with zero attached hydrogens (tertiary/aromatic N) is 3. The zero-order valence-electron chi connectivity index (χ0n) is 33.2. The number of fused-ring (bicyclic) bond motifs is 3. The monoisotopic (exact) mass is 809 g/mol. The van der Waals surface area contributed by atoms with E-state index < -0.39 is 27.8 Å². The molecule has 7 rings (SSSR count). The molecule has 1 fully saturated rings. The first-order chi connectivity index (χ1) is 28.3. The number of aliphatic hydroxyl groups is 2. The first kappa shape index (κ1) is 41.6. The maximum Gasteiger partial charge on any atom is 0.245 e. The number of aromatic nitrogens is 1. The van der Waals surface area contributed by atoms with Crippen LogP contribution in [0.4, 0.5) is 0 Å². The molecule has 0 unspecified atom stereocenters. The van der Waals surface area contributed by atoms with Gasteiger partial charge in [-0.15, -0.1) is 6.58 Å². The summed E-state index contributed by atoms with van der Waals surface area (Å²) in [7, 11) is -4.28. The van der Waals surface area contributed by atoms with Crippen molar-refractivity contribution in [1.29, 1.82) is 0 Å². The van der Waals surface area contributed by atoms with Crippen LogP contribution in [0.2, 0.25) is 0 Å². The molecule has 1 aliphatic heterocycles. The normalized spacial score (nSPS) is 24.5. The number of benzene rings is 3. The lowest BCUT2D eigenvalue weighted by Gasteiger charge is -2.59. The number of pyridine rings is 1. The van der Waals surface area contributed by atoms with E-state index in [0.29, 0.717) is 41.6 Å². The predicted molar refractivity (Wildman–Crippen MR) is 224 cm³/mol. The van der Waals surface area contributed by atoms with Crippen LogP contribution in [0, 0.1) is 17.8 Å². The molecule has 2 heterocycles. The zero-order chi connectivity index (χ0) is 40.7. The summed E-state index contributed by atoms with van der Waals surface area (Å²) in [6, 6.07) is 22.8. The van der Waals surface area contributed by atoms with Crippen LogP contribution in [0.15, 0.2) is 119 Å². The lowest BCUT2D eigenvalue weighted by atomic mass is 9.55. The van der Waals surface area contributed by atoms with E-state index in [1.807, 2.05) is 49.4 Å². The molecule has 308 valence electrons. The van der Waals surface area contributed by atoms with E-state index in [-0.39, 0.29) is 67.8 Å². The number of aromatic hydroxyl groups is 1. The van der Waals surface area contributed by atoms with E-state index in [1.165, 1.54) is 4.31 Å². The van der Waals surface area contributed by atoms with Crippen molar-refractivity contribution >= 4 is 26.6 Å². The lowest BCUT2D eigenvalue weighted by Crippen LogP contribution is -2.70. The maximum absolute atomic E-state index is 15.4. The number of para-hydroxylation sites is 1. The van der Waals surface area contributed by atoms with E-state index in [0.717, 1.165) is 42.4 Å². The molecule has 0 spiro atoms. The van der Waals surface area contributed by atoms with Gasteiger partial charge in [0.2, 0.25) is 15.8 Å². The molecule has 0 saturated heterocycles. The number of oxime groups is 1. The second kappa shape index (κ2) is 18.6. The molecule has 12 heteroatoms. The summed E-state index contributed by atoms with van der Waals surface area (Å²) < 4.78 is 46.5. The number of allylic oxidation sites excluding steroid dienone is 1. The Bertz CT molecular complexity index is 2210. The summed E-state index contributed by atoms with van der Waals surface area (Å²) in [4.78, 5) is 10.8. The SMILES string of the molecule is C=CCO[C@@]12Oc3ccc(O)cc3[C@H]3[C@H](CCCCO)[C@@H](CCCCO)C=C(C(=NOCc4ccccc4)C[C@@H]1N(CCC)S(=O)(=O)c1cccc4cccnc14)[C@H]32. The van der Waals surface area contributed by atoms with Gasteiger partial charge in [-0.2, -0.15) is 4.31 Å². The summed E-state index contributed by atoms with van der Waals surface area (Å²) in [6.45, 7) is 6.53. The fourth-order valence-electron chi connectivity index (χ4n) is 9.47. The van der Waals surface area contributed by atoms with E-state index in [1.54, 1.807) is 48.7 Å². The van der Waals surface area contributed by atoms with Crippen LogP contribution >= 0.6 is 0 Å². The minimum Gasteiger partial charge on any atom is -0.508 e. The molecule has 11 nitrogen and oxygen atoms in total. The molecule has 1 aromatic heterocycles. The smallest absolute Gasteiger partial charge is 0.245 e. The largest absolute Gasteiger partial charge is 0.508 e. The van der Waals surface area contributed by atoms with Crippen LogP contribution < -0.4 is 4.74 Å². The van der Waals surface area contributed by atoms with E-state index in [9.17, 15) is 15.3 Å². The van der Waals surface area contributed by atoms with Crippen LogP contribution in [-0.2, 0) is 26.2 Å². The highest BCUT2D eigenvalue weighted by Gasteiger charge is 2.66. The average Bonchev–Trinajstić information content (AvgIpc) is 3.24. The number of unbranched alkanes of at least 4 members (excludes halogenated alkanes) is 2. The standard InChI is InChI=1S/C46H55N3O8S/c1-3-24-49(58(53,54)41-20-12-17-33-18-13-23-47-45(33)41)42-30-39(48-56-31-32-14-6-5-7-15-32)37-28-34(16-8-10-25-50)36(19-9-11-26-51)43-38-29-35(52)21-22-40(38)57-46(42,44(37)43)55-27-4-2/h4-7,12-15,17-18,20-23,28-29,34,36,42-44,50-52H,2-3,8-11,16,19,24-27,30-31H2,1H3/t34-,36+,42-,43+,44+,46+/m0/s1. The number of phenols is 1. The Kier molecular flexibility index (Phi) is 13.3. The minimum atomic E-state index is -4.28. The first-order valence-electron chi connectivity index (χ1n) is 20.6. The van der Waals surface area contributed by atoms with E-state index in [2.05, 4.69) is 17.6 Å². The number of ether oxygens (including phenoxy) is 2. The van der Waals surface area contributed by atoms with Gasteiger partial charge in [-0.1, -0.05) is 85.6 Å². The van der Waals surface area contributed by atoms with Gasteiger partial charge in [0.05, 0.1) is 29.8 Å². The van der Waals surface area contributed by atoms with Crippen molar-refractivity contribution < 1.29 is 38.0 Å². The molecule has 2 aliphatic carbocycles. The summed E-state index contributed by atoms with van der Waals surface area (Å²) in [5.41, 5.74) is 3.59. The van der Waals surface area contributed by atoms with Gasteiger partial charge >= 0.3 is 0 Å². The van der Waals surface area contributed by atoms with Crippen molar-refractivity contribution in [1.82, 2.24) is 9.29 Å². The van der Waals surface area contributed by atoms with E-state index >= 15 is 8.42 Å². The van der Waals surface area contributed by atoms with Gasteiger partial charge < -0.3 is 29.6 Å². The number of hydrogen-bond donors (Lipinski definition) is 3. The number of aliphatic hydroxyl groups excluding tert-OH is 2. The number of rotatable bonds is 19. The van der Waals surface area contributed by atoms with Crippen LogP contribution in [-0.4, -0.2) is 76.9 Å². The van der Waals surface area contributed by atoms with Crippen molar-refractivity contribution in [2.24, 2.45) is 22.9 Å². The quantitative estimate of drug-likeness (QED) is 0.0489. The van der Waals surface area contributed by atoms with Gasteiger partial charge in [0, 0.05) is 49.2 Å². The highest BCUT2D eigenvalue weighted by atomic mass is 32.2. The first-order valence-corrected chi connectivity index (χ1v) is 22.0. The molecule has 0 amide bonds. The zero-order valence-corrected chi connectivity index (χ0v) is 34.0. The summed E-state index contributed by atoms with van der Waals surface area (Å²) in [5, 5.41) is 36.3. The lowest BCUT2D eigenvalue weighted by molar-refractivity contribution is -0.251. The second-order valence-corrected chi connectivity index (χ2v) is 17.4. The molecule has 3 N–H and O–H groups in total. The fraction of sp³-hybridized carbons (Fsp3) is 0.435. The Morgan fingerprint density at radius 1 is 1.00 bits per heavy atom. The van der Waals surface area contributed by atoms with Gasteiger partial charge in [0.25, 0.3) is 0 Å². The Hall–Kier alpha value is -4.59. The Balaban J connectivity index is 1.47. The van der Waals surface area contributed by atoms with E-state index in [4.69, 9.17) is 19.5 Å². The number of hydrogen-bond acceptors (Lipinski definition) is 10. The summed E-state index contributed by atoms with van der Waals surface area (Å²) in [6.07, 6.45) is 10.5. The van der Waals surface area contributed by atoms with Crippen LogP contribution in [0.1, 0.15) is 75.3 Å². The van der Waals surface area contributed by atoms with Crippen molar-refractivity contribution in [3.05, 3.63) is 120 Å². The van der Waals surface area contributed by atoms with Crippen LogP contribution in [0.3, 0.4) is 0 Å². The van der Waals surface area contributed by atoms with Crippen molar-refractivity contribution in [3.63, 3.8) is 0 Å². The highest BCUT2D eigenvalue weighted by molar-refractivity contribution is 7.89. The van der Waals surface area contributed by atoms with Gasteiger partial charge in [-0.25, -0.2) is 8.42 Å². The summed E-state index contributed by atoms with van der Waals surface area (Å²) >= 11 is 0. The molecule has 1 saturated carbocycles. The third kappa shape index (κ3) is 8.18. The third-order valence-corrected chi connectivity index (χ3v) is 13.8. The Labute approximate surface area is 341 Å². The van der Waals surface area contributed by atoms with Crippen molar-refractivity contribution in [2.45, 2.75) is 87.5 Å². The van der Waals surface area contributed by atoms with Gasteiger partial charge in [-0.05, 0) is 85.4 Å². The maximum atomic E-state index is 15.4. The van der Waals surface area contributed by atoms with Gasteiger partial charge in [0.1, 0.15) is 23.0 Å². The second-order valence-electron chi connectivity index (χ2n) is 15.5. The molecular weight excluding hydrogens is 755 g/mol. The van der Waals surface area contributed by atoms with Crippen molar-refractivity contribution in [2.75, 3.05) is 26.4 Å². The number of phenolic OH excluding ortho intramolecular Hbond substituents is 1. The third-order valence-electron chi connectivity index (χ3n) is 11.9. The average molecular weight is 810 g/mol. The fourth-order valence-corrected chi connectivity index (χ4v) is 11.4. The number of sulfonamides is 1. The highest BCUT2D eigenvalue weighted by Crippen LogP contribution is 2.62. The molecule has 4 aromatic rings. The van der Waals surface area contributed by atoms with Crippen molar-refractivity contribution in [3.8, 4) is 11.5 Å². The topological polar surface area (TPSA) is 151 Å². The molecule has 58 heavy (non-hydrogen) atoms. The van der Waals surface area contributed by atoms with Crippen LogP contribution in [0.5, 0.6) is 11.5 Å².